The van der Waals surface area contributed by atoms with Gasteiger partial charge in [0.05, 0.1) is 10.8 Å². The van der Waals surface area contributed by atoms with Gasteiger partial charge in [-0.25, -0.2) is 8.42 Å². The van der Waals surface area contributed by atoms with Crippen LogP contribution >= 0.6 is 0 Å². The molecule has 1 aromatic rings. The number of carbonyl (C=O) groups is 2. The molecule has 1 fully saturated rings. The monoisotopic (exact) mass is 366 g/mol. The molecule has 2 unspecified atom stereocenters. The van der Waals surface area contributed by atoms with Crippen molar-refractivity contribution in [3.8, 4) is 0 Å². The maximum Gasteiger partial charge on any atom is 0.307 e. The Kier molecular flexibility index (Phi) is 4.59. The zero-order chi connectivity index (χ0) is 18.4. The molecule has 2 aliphatic rings. The van der Waals surface area contributed by atoms with Crippen molar-refractivity contribution >= 4 is 27.6 Å². The molecule has 0 radical (unpaired) electrons. The molecular formula is C17H22N2O5S. The van der Waals surface area contributed by atoms with Gasteiger partial charge in [-0.2, -0.15) is 4.31 Å². The number of sulfonamides is 1. The molecule has 0 aromatic heterocycles. The summed E-state index contributed by atoms with van der Waals surface area (Å²) in [5.74, 6) is -1.69. The highest BCUT2D eigenvalue weighted by atomic mass is 32.2. The number of benzene rings is 1. The van der Waals surface area contributed by atoms with Gasteiger partial charge in [0, 0.05) is 31.7 Å². The number of hydrogen-bond donors (Lipinski definition) is 1. The number of carbonyl (C=O) groups excluding carboxylic acids is 1. The number of carboxylic acid groups (broad SMARTS) is 1. The highest BCUT2D eigenvalue weighted by Gasteiger charge is 2.35. The van der Waals surface area contributed by atoms with Crippen molar-refractivity contribution in [2.75, 3.05) is 18.0 Å². The highest BCUT2D eigenvalue weighted by molar-refractivity contribution is 7.89. The van der Waals surface area contributed by atoms with Crippen LogP contribution in [0.25, 0.3) is 0 Å². The van der Waals surface area contributed by atoms with Crippen molar-refractivity contribution in [2.45, 2.75) is 44.0 Å². The smallest absolute Gasteiger partial charge is 0.307 e. The first-order chi connectivity index (χ1) is 11.7. The summed E-state index contributed by atoms with van der Waals surface area (Å²) in [4.78, 5) is 24.8. The first-order valence-electron chi connectivity index (χ1n) is 8.37. The molecule has 25 heavy (non-hydrogen) atoms. The third-order valence-corrected chi connectivity index (χ3v) is 6.84. The van der Waals surface area contributed by atoms with Gasteiger partial charge in [0.2, 0.25) is 15.9 Å². The maximum atomic E-state index is 12.9. The van der Waals surface area contributed by atoms with E-state index in [-0.39, 0.29) is 23.4 Å². The highest BCUT2D eigenvalue weighted by Crippen LogP contribution is 2.35. The summed E-state index contributed by atoms with van der Waals surface area (Å²) < 4.78 is 27.1. The van der Waals surface area contributed by atoms with E-state index in [1.54, 1.807) is 17.0 Å². The Morgan fingerprint density at radius 2 is 2.00 bits per heavy atom. The normalized spacial score (nSPS) is 24.2. The van der Waals surface area contributed by atoms with E-state index in [0.29, 0.717) is 25.8 Å². The molecule has 1 N–H and O–H groups in total. The molecule has 0 bridgehead atoms. The maximum absolute atomic E-state index is 12.9. The Balaban J connectivity index is 1.91. The van der Waals surface area contributed by atoms with Crippen molar-refractivity contribution in [1.82, 2.24) is 4.31 Å². The number of anilines is 1. The van der Waals surface area contributed by atoms with Gasteiger partial charge in [0.15, 0.2) is 0 Å². The van der Waals surface area contributed by atoms with Crippen LogP contribution in [0.4, 0.5) is 5.69 Å². The molecule has 2 atom stereocenters. The zero-order valence-electron chi connectivity index (χ0n) is 14.3. The minimum Gasteiger partial charge on any atom is -0.481 e. The number of carboxylic acids is 1. The summed E-state index contributed by atoms with van der Waals surface area (Å²) in [7, 11) is -3.74. The van der Waals surface area contributed by atoms with Gasteiger partial charge in [-0.3, -0.25) is 9.59 Å². The molecule has 1 amide bonds. The molecular weight excluding hydrogens is 344 g/mol. The van der Waals surface area contributed by atoms with Crippen molar-refractivity contribution in [1.29, 1.82) is 0 Å². The van der Waals surface area contributed by atoms with Gasteiger partial charge in [-0.15, -0.1) is 0 Å². The van der Waals surface area contributed by atoms with Gasteiger partial charge in [0.1, 0.15) is 0 Å². The topological polar surface area (TPSA) is 95.0 Å². The minimum atomic E-state index is -3.74. The molecule has 0 saturated carbocycles. The van der Waals surface area contributed by atoms with Crippen LogP contribution in [0.3, 0.4) is 0 Å². The number of piperidine rings is 1. The summed E-state index contributed by atoms with van der Waals surface area (Å²) >= 11 is 0. The molecule has 1 aromatic carbocycles. The molecule has 7 nitrogen and oxygen atoms in total. The second-order valence-corrected chi connectivity index (χ2v) is 8.71. The van der Waals surface area contributed by atoms with E-state index < -0.39 is 21.9 Å². The molecule has 136 valence electrons. The van der Waals surface area contributed by atoms with Gasteiger partial charge in [-0.05, 0) is 49.9 Å². The van der Waals surface area contributed by atoms with Crippen LogP contribution in [-0.2, 0) is 26.0 Å². The van der Waals surface area contributed by atoms with E-state index in [1.807, 2.05) is 6.92 Å². The van der Waals surface area contributed by atoms with E-state index in [1.165, 1.54) is 17.3 Å². The lowest BCUT2D eigenvalue weighted by Gasteiger charge is -2.30. The average Bonchev–Trinajstić information content (AvgIpc) is 2.89. The minimum absolute atomic E-state index is 0.00293. The SMILES string of the molecule is CC(=O)N1c2ccc(S(=O)(=O)N3CCCC(C(=O)O)C3)cc2CC1C. The van der Waals surface area contributed by atoms with Crippen LogP contribution in [0.5, 0.6) is 0 Å². The Hall–Kier alpha value is -1.93. The zero-order valence-corrected chi connectivity index (χ0v) is 15.1. The van der Waals surface area contributed by atoms with E-state index in [4.69, 9.17) is 0 Å². The standard InChI is InChI=1S/C17H22N2O5S/c1-11-8-14-9-15(5-6-16(14)19(11)12(2)20)25(23,24)18-7-3-4-13(10-18)17(21)22/h5-6,9,11,13H,3-4,7-8,10H2,1-2H3,(H,21,22). The second-order valence-electron chi connectivity index (χ2n) is 6.77. The molecule has 0 aliphatic carbocycles. The summed E-state index contributed by atoms with van der Waals surface area (Å²) in [6.07, 6.45) is 1.64. The van der Waals surface area contributed by atoms with Gasteiger partial charge in [-0.1, -0.05) is 0 Å². The largest absolute Gasteiger partial charge is 0.481 e. The number of hydrogen-bond acceptors (Lipinski definition) is 4. The molecule has 2 heterocycles. The average molecular weight is 366 g/mol. The van der Waals surface area contributed by atoms with Crippen molar-refractivity contribution < 1.29 is 23.1 Å². The van der Waals surface area contributed by atoms with Crippen LogP contribution in [0.1, 0.15) is 32.3 Å². The Bertz CT molecular complexity index is 820. The predicted octanol–water partition coefficient (Wildman–Crippen LogP) is 1.47. The Morgan fingerprint density at radius 3 is 2.64 bits per heavy atom. The number of amides is 1. The number of aliphatic carboxylic acids is 1. The predicted molar refractivity (Wildman–Crippen MR) is 91.9 cm³/mol. The van der Waals surface area contributed by atoms with Gasteiger partial charge >= 0.3 is 5.97 Å². The summed E-state index contributed by atoms with van der Waals surface area (Å²) in [6.45, 7) is 3.76. The fourth-order valence-electron chi connectivity index (χ4n) is 3.76. The van der Waals surface area contributed by atoms with E-state index in [2.05, 4.69) is 0 Å². The van der Waals surface area contributed by atoms with Gasteiger partial charge in [0.25, 0.3) is 0 Å². The molecule has 3 rings (SSSR count). The van der Waals surface area contributed by atoms with Crippen LogP contribution < -0.4 is 4.90 Å². The van der Waals surface area contributed by atoms with Crippen LogP contribution in [0.15, 0.2) is 23.1 Å². The quantitative estimate of drug-likeness (QED) is 0.874. The van der Waals surface area contributed by atoms with E-state index in [9.17, 15) is 23.1 Å². The van der Waals surface area contributed by atoms with Crippen molar-refractivity contribution in [3.63, 3.8) is 0 Å². The van der Waals surface area contributed by atoms with Crippen molar-refractivity contribution in [3.05, 3.63) is 23.8 Å². The number of rotatable bonds is 3. The van der Waals surface area contributed by atoms with E-state index in [0.717, 1.165) is 11.3 Å². The number of nitrogens with zero attached hydrogens (tertiary/aromatic N) is 2. The van der Waals surface area contributed by atoms with Crippen molar-refractivity contribution in [2.24, 2.45) is 5.92 Å². The second kappa shape index (κ2) is 6.42. The molecule has 2 aliphatic heterocycles. The fraction of sp³-hybridized carbons (Fsp3) is 0.529. The Labute approximate surface area is 147 Å². The number of fused-ring (bicyclic) bond motifs is 1. The molecule has 8 heteroatoms. The molecule has 1 saturated heterocycles. The van der Waals surface area contributed by atoms with Crippen LogP contribution in [0, 0.1) is 5.92 Å². The fourth-order valence-corrected chi connectivity index (χ4v) is 5.33. The summed E-state index contributed by atoms with van der Waals surface area (Å²) in [5, 5.41) is 9.17. The van der Waals surface area contributed by atoms with Crippen LogP contribution in [0.2, 0.25) is 0 Å². The summed E-state index contributed by atoms with van der Waals surface area (Å²) in [6, 6.07) is 4.80. The van der Waals surface area contributed by atoms with Gasteiger partial charge < -0.3 is 10.0 Å². The first-order valence-corrected chi connectivity index (χ1v) is 9.81. The first kappa shape index (κ1) is 17.9. The van der Waals surface area contributed by atoms with Crippen LogP contribution in [-0.4, -0.2) is 48.8 Å². The third kappa shape index (κ3) is 3.16. The van der Waals surface area contributed by atoms with E-state index >= 15 is 0 Å². The lowest BCUT2D eigenvalue weighted by molar-refractivity contribution is -0.142. The third-order valence-electron chi connectivity index (χ3n) is 4.98. The lowest BCUT2D eigenvalue weighted by Crippen LogP contribution is -2.42. The summed E-state index contributed by atoms with van der Waals surface area (Å²) in [5.41, 5.74) is 1.58. The lowest BCUT2D eigenvalue weighted by atomic mass is 10.0. The molecule has 0 spiro atoms. The Morgan fingerprint density at radius 1 is 1.28 bits per heavy atom.